The number of benzene rings is 1. The van der Waals surface area contributed by atoms with E-state index in [-0.39, 0.29) is 17.4 Å². The second-order valence-corrected chi connectivity index (χ2v) is 7.23. The summed E-state index contributed by atoms with van der Waals surface area (Å²) in [5, 5.41) is 8.97. The Morgan fingerprint density at radius 1 is 1.24 bits per heavy atom. The second-order valence-electron chi connectivity index (χ2n) is 5.48. The average Bonchev–Trinajstić information content (AvgIpc) is 2.68. The summed E-state index contributed by atoms with van der Waals surface area (Å²) in [7, 11) is -3.52. The summed E-state index contributed by atoms with van der Waals surface area (Å²) in [5.41, 5.74) is 0.404. The van der Waals surface area contributed by atoms with Gasteiger partial charge in [-0.05, 0) is 30.5 Å². The SMILES string of the molecule is N#Cc1cc(F)ccc1CS(=O)(=O)NC1CCCCCC1. The molecule has 0 aliphatic heterocycles. The molecular weight excluding hydrogens is 291 g/mol. The number of rotatable bonds is 4. The Morgan fingerprint density at radius 3 is 2.52 bits per heavy atom. The van der Waals surface area contributed by atoms with E-state index in [1.54, 1.807) is 0 Å². The van der Waals surface area contributed by atoms with Gasteiger partial charge in [-0.15, -0.1) is 0 Å². The fraction of sp³-hybridized carbons (Fsp3) is 0.533. The van der Waals surface area contributed by atoms with Crippen LogP contribution in [-0.4, -0.2) is 14.5 Å². The van der Waals surface area contributed by atoms with Crippen LogP contribution in [0.4, 0.5) is 4.39 Å². The van der Waals surface area contributed by atoms with Crippen LogP contribution in [0, 0.1) is 17.1 Å². The number of nitrogens with zero attached hydrogens (tertiary/aromatic N) is 1. The highest BCUT2D eigenvalue weighted by Crippen LogP contribution is 2.19. The molecule has 0 atom stereocenters. The Hall–Kier alpha value is -1.45. The van der Waals surface area contributed by atoms with Gasteiger partial charge in [0, 0.05) is 6.04 Å². The van der Waals surface area contributed by atoms with E-state index in [4.69, 9.17) is 5.26 Å². The predicted octanol–water partition coefficient (Wildman–Crippen LogP) is 2.84. The first-order chi connectivity index (χ1) is 10.00. The zero-order valence-corrected chi connectivity index (χ0v) is 12.6. The van der Waals surface area contributed by atoms with Crippen molar-refractivity contribution in [3.8, 4) is 6.07 Å². The van der Waals surface area contributed by atoms with E-state index in [1.807, 2.05) is 6.07 Å². The third-order valence-corrected chi connectivity index (χ3v) is 5.12. The smallest absolute Gasteiger partial charge is 0.212 e. The molecular formula is C15H19FN2O2S. The first kappa shape index (κ1) is 15.9. The van der Waals surface area contributed by atoms with Crippen molar-refractivity contribution in [2.24, 2.45) is 0 Å². The van der Waals surface area contributed by atoms with Gasteiger partial charge in [0.1, 0.15) is 5.82 Å². The van der Waals surface area contributed by atoms with Crippen LogP contribution in [0.5, 0.6) is 0 Å². The number of nitriles is 1. The zero-order valence-electron chi connectivity index (χ0n) is 11.8. The van der Waals surface area contributed by atoms with Gasteiger partial charge in [-0.25, -0.2) is 17.5 Å². The van der Waals surface area contributed by atoms with E-state index in [9.17, 15) is 12.8 Å². The number of sulfonamides is 1. The van der Waals surface area contributed by atoms with Crippen LogP contribution in [0.1, 0.15) is 49.7 Å². The quantitative estimate of drug-likeness (QED) is 0.869. The number of nitrogens with one attached hydrogen (secondary N) is 1. The first-order valence-corrected chi connectivity index (χ1v) is 8.84. The first-order valence-electron chi connectivity index (χ1n) is 7.19. The number of hydrogen-bond acceptors (Lipinski definition) is 3. The van der Waals surface area contributed by atoms with Gasteiger partial charge in [-0.1, -0.05) is 31.7 Å². The third-order valence-electron chi connectivity index (χ3n) is 3.74. The highest BCUT2D eigenvalue weighted by Gasteiger charge is 2.21. The van der Waals surface area contributed by atoms with Gasteiger partial charge < -0.3 is 0 Å². The van der Waals surface area contributed by atoms with Crippen molar-refractivity contribution in [1.82, 2.24) is 4.72 Å². The van der Waals surface area contributed by atoms with Crippen LogP contribution in [0.15, 0.2) is 18.2 Å². The van der Waals surface area contributed by atoms with E-state index >= 15 is 0 Å². The molecule has 1 fully saturated rings. The van der Waals surface area contributed by atoms with E-state index < -0.39 is 15.8 Å². The summed E-state index contributed by atoms with van der Waals surface area (Å²) in [6, 6.07) is 5.42. The molecule has 4 nitrogen and oxygen atoms in total. The van der Waals surface area contributed by atoms with E-state index in [2.05, 4.69) is 4.72 Å². The van der Waals surface area contributed by atoms with Crippen molar-refractivity contribution in [1.29, 1.82) is 5.26 Å². The third kappa shape index (κ3) is 4.80. The lowest BCUT2D eigenvalue weighted by Gasteiger charge is -2.16. The summed E-state index contributed by atoms with van der Waals surface area (Å²) < 4.78 is 40.2. The molecule has 6 heteroatoms. The minimum absolute atomic E-state index is 0.0246. The van der Waals surface area contributed by atoms with Crippen molar-refractivity contribution in [3.63, 3.8) is 0 Å². The summed E-state index contributed by atoms with van der Waals surface area (Å²) >= 11 is 0. The van der Waals surface area contributed by atoms with Gasteiger partial charge in [-0.2, -0.15) is 5.26 Å². The molecule has 0 bridgehead atoms. The molecule has 0 radical (unpaired) electrons. The maximum Gasteiger partial charge on any atom is 0.216 e. The van der Waals surface area contributed by atoms with Gasteiger partial charge >= 0.3 is 0 Å². The van der Waals surface area contributed by atoms with E-state index in [0.717, 1.165) is 44.6 Å². The van der Waals surface area contributed by atoms with Crippen LogP contribution < -0.4 is 4.72 Å². The van der Waals surface area contributed by atoms with Crippen molar-refractivity contribution in [3.05, 3.63) is 35.1 Å². The van der Waals surface area contributed by atoms with Gasteiger partial charge in [0.05, 0.1) is 17.4 Å². The monoisotopic (exact) mass is 310 g/mol. The largest absolute Gasteiger partial charge is 0.216 e. The Bertz CT molecular complexity index is 630. The molecule has 2 rings (SSSR count). The molecule has 1 aromatic carbocycles. The van der Waals surface area contributed by atoms with Crippen molar-refractivity contribution in [2.75, 3.05) is 0 Å². The van der Waals surface area contributed by atoms with Crippen LogP contribution >= 0.6 is 0 Å². The molecule has 1 aromatic rings. The minimum Gasteiger partial charge on any atom is -0.212 e. The predicted molar refractivity (Wildman–Crippen MR) is 78.4 cm³/mol. The van der Waals surface area contributed by atoms with Gasteiger partial charge in [0.15, 0.2) is 0 Å². The molecule has 1 N–H and O–H groups in total. The number of halogens is 1. The Labute approximate surface area is 125 Å². The van der Waals surface area contributed by atoms with Crippen LogP contribution in [-0.2, 0) is 15.8 Å². The van der Waals surface area contributed by atoms with Crippen molar-refractivity contribution >= 4 is 10.0 Å². The molecule has 0 unspecified atom stereocenters. The Kier molecular flexibility index (Phi) is 5.32. The second kappa shape index (κ2) is 7.01. The molecule has 0 spiro atoms. The summed E-state index contributed by atoms with van der Waals surface area (Å²) in [4.78, 5) is 0. The van der Waals surface area contributed by atoms with Crippen LogP contribution in [0.3, 0.4) is 0 Å². The number of hydrogen-bond donors (Lipinski definition) is 1. The zero-order chi connectivity index (χ0) is 15.3. The van der Waals surface area contributed by atoms with E-state index in [1.165, 1.54) is 12.1 Å². The fourth-order valence-electron chi connectivity index (χ4n) is 2.68. The lowest BCUT2D eigenvalue weighted by Crippen LogP contribution is -2.35. The van der Waals surface area contributed by atoms with Gasteiger partial charge in [0.2, 0.25) is 10.0 Å². The van der Waals surface area contributed by atoms with Gasteiger partial charge in [-0.3, -0.25) is 0 Å². The molecule has 1 saturated carbocycles. The molecule has 114 valence electrons. The molecule has 1 aliphatic carbocycles. The molecule has 0 amide bonds. The Balaban J connectivity index is 2.08. The van der Waals surface area contributed by atoms with Crippen molar-refractivity contribution in [2.45, 2.75) is 50.3 Å². The molecule has 0 heterocycles. The molecule has 0 aromatic heterocycles. The van der Waals surface area contributed by atoms with Crippen molar-refractivity contribution < 1.29 is 12.8 Å². The van der Waals surface area contributed by atoms with Gasteiger partial charge in [0.25, 0.3) is 0 Å². The maximum atomic E-state index is 13.1. The lowest BCUT2D eigenvalue weighted by molar-refractivity contribution is 0.509. The topological polar surface area (TPSA) is 70.0 Å². The molecule has 1 aliphatic rings. The maximum absolute atomic E-state index is 13.1. The standard InChI is InChI=1S/C15H19FN2O2S/c16-14-8-7-12(13(9-14)10-17)11-21(19,20)18-15-5-3-1-2-4-6-15/h7-9,15,18H,1-6,11H2. The highest BCUT2D eigenvalue weighted by atomic mass is 32.2. The highest BCUT2D eigenvalue weighted by molar-refractivity contribution is 7.88. The summed E-state index contributed by atoms with van der Waals surface area (Å²) in [6.07, 6.45) is 6.07. The molecule has 0 saturated heterocycles. The summed E-state index contributed by atoms with van der Waals surface area (Å²) in [5.74, 6) is -0.823. The van der Waals surface area contributed by atoms with E-state index in [0.29, 0.717) is 5.56 Å². The van der Waals surface area contributed by atoms with Crippen LogP contribution in [0.2, 0.25) is 0 Å². The summed E-state index contributed by atoms with van der Waals surface area (Å²) in [6.45, 7) is 0. The fourth-order valence-corrected chi connectivity index (χ4v) is 4.16. The Morgan fingerprint density at radius 2 is 1.90 bits per heavy atom. The van der Waals surface area contributed by atoms with Crippen LogP contribution in [0.25, 0.3) is 0 Å². The normalized spacial score (nSPS) is 17.1. The minimum atomic E-state index is -3.52. The lowest BCUT2D eigenvalue weighted by atomic mass is 10.1. The average molecular weight is 310 g/mol. The molecule has 21 heavy (non-hydrogen) atoms.